The molecule has 6 nitrogen and oxygen atoms in total. The first kappa shape index (κ1) is 21.6. The molecule has 0 radical (unpaired) electrons. The van der Waals surface area contributed by atoms with Crippen molar-refractivity contribution in [3.63, 3.8) is 0 Å². The molecule has 7 heteroatoms. The number of benzene rings is 1. The Morgan fingerprint density at radius 1 is 1.09 bits per heavy atom. The molecule has 0 bridgehead atoms. The molecule has 3 aromatic rings. The highest BCUT2D eigenvalue weighted by Crippen LogP contribution is 2.31. The Hall–Kier alpha value is -2.22. The van der Waals surface area contributed by atoms with Gasteiger partial charge in [-0.25, -0.2) is 0 Å². The number of hydrogen-bond acceptors (Lipinski definition) is 7. The summed E-state index contributed by atoms with van der Waals surface area (Å²) in [5, 5.41) is 12.4. The molecule has 1 aromatic carbocycles. The maximum atomic E-state index is 13.0. The van der Waals surface area contributed by atoms with E-state index in [0.717, 1.165) is 96.5 Å². The van der Waals surface area contributed by atoms with E-state index in [2.05, 4.69) is 44.3 Å². The van der Waals surface area contributed by atoms with Crippen molar-refractivity contribution < 1.29 is 9.53 Å². The summed E-state index contributed by atoms with van der Waals surface area (Å²) < 4.78 is 5.45. The van der Waals surface area contributed by atoms with Gasteiger partial charge < -0.3 is 4.74 Å². The van der Waals surface area contributed by atoms with E-state index in [-0.39, 0.29) is 5.92 Å². The van der Waals surface area contributed by atoms with Gasteiger partial charge in [-0.15, -0.1) is 10.2 Å². The van der Waals surface area contributed by atoms with E-state index in [1.165, 1.54) is 0 Å². The number of nitrogens with zero attached hydrogens (tertiary/aromatic N) is 4. The molecule has 168 valence electrons. The standard InChI is InChI=1S/C25H30N4O2S/c1-17-27-28-25(32-17)20-6-7-21-15-26-23(13-22(21)12-20)14-24(30)19-4-2-18(3-5-19)16-29-8-10-31-11-9-29/h6-7,12-13,15,18-19H,2-5,8-11,14,16H2,1H3. The minimum Gasteiger partial charge on any atom is -0.379 e. The molecular formula is C25H30N4O2S. The van der Waals surface area contributed by atoms with Gasteiger partial charge in [-0.1, -0.05) is 23.5 Å². The van der Waals surface area contributed by atoms with Crippen molar-refractivity contribution in [3.05, 3.63) is 41.2 Å². The van der Waals surface area contributed by atoms with E-state index in [1.807, 2.05) is 13.1 Å². The van der Waals surface area contributed by atoms with E-state index >= 15 is 0 Å². The summed E-state index contributed by atoms with van der Waals surface area (Å²) >= 11 is 1.59. The van der Waals surface area contributed by atoms with Crippen molar-refractivity contribution in [1.29, 1.82) is 0 Å². The predicted octanol–water partition coefficient (Wildman–Crippen LogP) is 4.31. The quantitative estimate of drug-likeness (QED) is 0.557. The Morgan fingerprint density at radius 2 is 1.91 bits per heavy atom. The van der Waals surface area contributed by atoms with Crippen LogP contribution in [0.2, 0.25) is 0 Å². The topological polar surface area (TPSA) is 68.2 Å². The van der Waals surface area contributed by atoms with Gasteiger partial charge in [0.1, 0.15) is 15.8 Å². The number of morpholine rings is 1. The van der Waals surface area contributed by atoms with Crippen LogP contribution in [0.5, 0.6) is 0 Å². The molecule has 2 aromatic heterocycles. The highest BCUT2D eigenvalue weighted by atomic mass is 32.1. The maximum absolute atomic E-state index is 13.0. The molecule has 1 saturated carbocycles. The molecule has 0 atom stereocenters. The highest BCUT2D eigenvalue weighted by Gasteiger charge is 2.28. The molecule has 0 spiro atoms. The van der Waals surface area contributed by atoms with Crippen LogP contribution in [0.4, 0.5) is 0 Å². The van der Waals surface area contributed by atoms with Gasteiger partial charge in [-0.05, 0) is 56.0 Å². The molecule has 5 rings (SSSR count). The van der Waals surface area contributed by atoms with Gasteiger partial charge in [0.2, 0.25) is 0 Å². The monoisotopic (exact) mass is 450 g/mol. The largest absolute Gasteiger partial charge is 0.379 e. The third-order valence-corrected chi connectivity index (χ3v) is 7.72. The van der Waals surface area contributed by atoms with Crippen molar-refractivity contribution in [2.45, 2.75) is 39.0 Å². The van der Waals surface area contributed by atoms with Crippen molar-refractivity contribution >= 4 is 27.9 Å². The lowest BCUT2D eigenvalue weighted by Gasteiger charge is -2.34. The van der Waals surface area contributed by atoms with Crippen molar-refractivity contribution in [1.82, 2.24) is 20.1 Å². The number of fused-ring (bicyclic) bond motifs is 1. The van der Waals surface area contributed by atoms with E-state index in [4.69, 9.17) is 4.74 Å². The Kier molecular flexibility index (Phi) is 6.57. The second-order valence-electron chi connectivity index (χ2n) is 9.14. The Morgan fingerprint density at radius 3 is 2.66 bits per heavy atom. The van der Waals surface area contributed by atoms with Crippen LogP contribution in [-0.4, -0.2) is 58.7 Å². The van der Waals surface area contributed by atoms with Gasteiger partial charge in [0, 0.05) is 54.8 Å². The van der Waals surface area contributed by atoms with Gasteiger partial charge in [0.15, 0.2) is 0 Å². The van der Waals surface area contributed by atoms with Crippen molar-refractivity contribution in [2.75, 3.05) is 32.8 Å². The lowest BCUT2D eigenvalue weighted by atomic mass is 9.79. The lowest BCUT2D eigenvalue weighted by Crippen LogP contribution is -2.40. The minimum atomic E-state index is 0.184. The number of ketones is 1. The average Bonchev–Trinajstić information content (AvgIpc) is 3.26. The molecule has 1 aliphatic heterocycles. The molecule has 1 aliphatic carbocycles. The second kappa shape index (κ2) is 9.73. The predicted molar refractivity (Wildman–Crippen MR) is 127 cm³/mol. The number of ether oxygens (including phenoxy) is 1. The first-order valence-corrected chi connectivity index (χ1v) is 12.5. The Bertz CT molecular complexity index is 1080. The summed E-state index contributed by atoms with van der Waals surface area (Å²) in [6.07, 6.45) is 6.65. The molecular weight excluding hydrogens is 420 g/mol. The average molecular weight is 451 g/mol. The molecule has 1 saturated heterocycles. The maximum Gasteiger partial charge on any atom is 0.147 e. The van der Waals surface area contributed by atoms with E-state index < -0.39 is 0 Å². The van der Waals surface area contributed by atoms with Gasteiger partial charge in [-0.3, -0.25) is 14.7 Å². The number of rotatable bonds is 6. The van der Waals surface area contributed by atoms with Gasteiger partial charge in [0.25, 0.3) is 0 Å². The Balaban J connectivity index is 1.20. The molecule has 2 aliphatic rings. The van der Waals surface area contributed by atoms with E-state index in [9.17, 15) is 4.79 Å². The molecule has 32 heavy (non-hydrogen) atoms. The van der Waals surface area contributed by atoms with Crippen LogP contribution in [0, 0.1) is 18.8 Å². The fourth-order valence-electron chi connectivity index (χ4n) is 4.97. The van der Waals surface area contributed by atoms with Crippen LogP contribution < -0.4 is 0 Å². The summed E-state index contributed by atoms with van der Waals surface area (Å²) in [6.45, 7) is 6.93. The third kappa shape index (κ3) is 5.05. The van der Waals surface area contributed by atoms with E-state index in [1.54, 1.807) is 11.3 Å². The van der Waals surface area contributed by atoms with Crippen LogP contribution in [-0.2, 0) is 16.0 Å². The van der Waals surface area contributed by atoms with Crippen LogP contribution >= 0.6 is 11.3 Å². The number of Topliss-reactive ketones (excluding diaryl/α,β-unsaturated/α-hetero) is 1. The fourth-order valence-corrected chi connectivity index (χ4v) is 5.66. The highest BCUT2D eigenvalue weighted by molar-refractivity contribution is 7.14. The van der Waals surface area contributed by atoms with Crippen LogP contribution in [0.3, 0.4) is 0 Å². The second-order valence-corrected chi connectivity index (χ2v) is 10.3. The normalized spacial score (nSPS) is 22.3. The first-order chi connectivity index (χ1) is 15.6. The molecule has 0 amide bonds. The van der Waals surface area contributed by atoms with Gasteiger partial charge in [0.05, 0.1) is 13.2 Å². The number of pyridine rings is 1. The van der Waals surface area contributed by atoms with Crippen LogP contribution in [0.1, 0.15) is 36.4 Å². The number of carbonyl (C=O) groups excluding carboxylic acids is 1. The third-order valence-electron chi connectivity index (χ3n) is 6.83. The molecule has 0 unspecified atom stereocenters. The smallest absolute Gasteiger partial charge is 0.147 e. The zero-order chi connectivity index (χ0) is 21.9. The molecule has 3 heterocycles. The zero-order valence-electron chi connectivity index (χ0n) is 18.6. The Labute approximate surface area is 193 Å². The van der Waals surface area contributed by atoms with Crippen molar-refractivity contribution in [3.8, 4) is 10.6 Å². The molecule has 2 fully saturated rings. The number of carbonyl (C=O) groups is 1. The number of aromatic nitrogens is 3. The SMILES string of the molecule is Cc1nnc(-c2ccc3cnc(CC(=O)C4CCC(CN5CCOCC5)CC4)cc3c2)s1. The minimum absolute atomic E-state index is 0.184. The fraction of sp³-hybridized carbons (Fsp3) is 0.520. The van der Waals surface area contributed by atoms with Crippen LogP contribution in [0.25, 0.3) is 21.3 Å². The van der Waals surface area contributed by atoms with Crippen molar-refractivity contribution in [2.24, 2.45) is 11.8 Å². The lowest BCUT2D eigenvalue weighted by molar-refractivity contribution is -0.123. The molecule has 0 N–H and O–H groups in total. The van der Waals surface area contributed by atoms with Crippen LogP contribution in [0.15, 0.2) is 30.5 Å². The number of aryl methyl sites for hydroxylation is 1. The summed E-state index contributed by atoms with van der Waals surface area (Å²) in [5.74, 6) is 1.25. The summed E-state index contributed by atoms with van der Waals surface area (Å²) in [6, 6.07) is 8.32. The summed E-state index contributed by atoms with van der Waals surface area (Å²) in [7, 11) is 0. The van der Waals surface area contributed by atoms with Gasteiger partial charge >= 0.3 is 0 Å². The first-order valence-electron chi connectivity index (χ1n) is 11.7. The summed E-state index contributed by atoms with van der Waals surface area (Å²) in [4.78, 5) is 20.1. The number of hydrogen-bond donors (Lipinski definition) is 0. The van der Waals surface area contributed by atoms with Gasteiger partial charge in [-0.2, -0.15) is 0 Å². The summed E-state index contributed by atoms with van der Waals surface area (Å²) in [5.41, 5.74) is 1.92. The zero-order valence-corrected chi connectivity index (χ0v) is 19.4. The van der Waals surface area contributed by atoms with E-state index in [0.29, 0.717) is 12.2 Å².